The van der Waals surface area contributed by atoms with Gasteiger partial charge < -0.3 is 23.7 Å². The summed E-state index contributed by atoms with van der Waals surface area (Å²) in [4.78, 5) is 29.7. The number of ether oxygens (including phenoxy) is 3. The van der Waals surface area contributed by atoms with Gasteiger partial charge in [0, 0.05) is 0 Å². The number of nitrogens with zero attached hydrogens (tertiary/aromatic N) is 3. The quantitative estimate of drug-likeness (QED) is 0.170. The number of carbonyl (C=O) groups is 1. The van der Waals surface area contributed by atoms with Gasteiger partial charge in [0.05, 0.1) is 46.8 Å². The van der Waals surface area contributed by atoms with Crippen molar-refractivity contribution in [2.24, 2.45) is 5.10 Å². The van der Waals surface area contributed by atoms with Crippen molar-refractivity contribution in [2.75, 3.05) is 14.2 Å². The molecule has 0 radical (unpaired) electrons. The van der Waals surface area contributed by atoms with E-state index in [2.05, 4.69) is 21.0 Å². The van der Waals surface area contributed by atoms with E-state index >= 15 is 0 Å². The van der Waals surface area contributed by atoms with E-state index < -0.39 is 5.97 Å². The van der Waals surface area contributed by atoms with E-state index in [1.54, 1.807) is 61.7 Å². The van der Waals surface area contributed by atoms with Gasteiger partial charge in [-0.1, -0.05) is 30.3 Å². The lowest BCUT2D eigenvalue weighted by atomic mass is 10.1. The topological polar surface area (TPSA) is 125 Å². The number of rotatable bonds is 9. The first kappa shape index (κ1) is 28.7. The number of furan rings is 1. The predicted octanol–water partition coefficient (Wildman–Crippen LogP) is 6.75. The van der Waals surface area contributed by atoms with E-state index in [4.69, 9.17) is 23.6 Å². The summed E-state index contributed by atoms with van der Waals surface area (Å²) in [7, 11) is 3.09. The minimum absolute atomic E-state index is 0.118. The Labute approximate surface area is 258 Å². The Morgan fingerprint density at radius 3 is 2.57 bits per heavy atom. The number of aromatic nitrogens is 2. The Kier molecular flexibility index (Phi) is 7.86. The standard InChI is InChI=1S/C33H24BrN3O7/c1-41-26-11-6-12-27-23(26)16-29(44-27)31-36-25-10-4-3-9-22(25)32(38)37(31)35-17-20-14-24(34)30(28(15-20)42-2)43-18-19-7-5-8-21(13-19)33(39)40/h3-17H,18H2,1-2H3,(H,39,40). The molecule has 0 bridgehead atoms. The van der Waals surface area contributed by atoms with Crippen LogP contribution >= 0.6 is 15.9 Å². The van der Waals surface area contributed by atoms with Gasteiger partial charge in [0.25, 0.3) is 5.56 Å². The van der Waals surface area contributed by atoms with Crippen molar-refractivity contribution in [3.63, 3.8) is 0 Å². The van der Waals surface area contributed by atoms with Gasteiger partial charge >= 0.3 is 5.97 Å². The van der Waals surface area contributed by atoms with Crippen molar-refractivity contribution in [3.8, 4) is 28.8 Å². The summed E-state index contributed by atoms with van der Waals surface area (Å²) in [6.45, 7) is 0.118. The first-order chi connectivity index (χ1) is 21.4. The van der Waals surface area contributed by atoms with Crippen LogP contribution in [0.1, 0.15) is 21.5 Å². The third-order valence-electron chi connectivity index (χ3n) is 6.85. The monoisotopic (exact) mass is 653 g/mol. The molecule has 0 amide bonds. The van der Waals surface area contributed by atoms with Crippen molar-refractivity contribution >= 4 is 50.0 Å². The Bertz CT molecular complexity index is 2130. The van der Waals surface area contributed by atoms with E-state index in [9.17, 15) is 14.7 Å². The molecule has 6 aromatic rings. The lowest BCUT2D eigenvalue weighted by Gasteiger charge is -2.14. The first-order valence-corrected chi connectivity index (χ1v) is 14.1. The van der Waals surface area contributed by atoms with Crippen LogP contribution in [0.3, 0.4) is 0 Å². The molecule has 4 aromatic carbocycles. The number of para-hydroxylation sites is 1. The Balaban J connectivity index is 1.38. The minimum atomic E-state index is -1.02. The highest BCUT2D eigenvalue weighted by atomic mass is 79.9. The van der Waals surface area contributed by atoms with Crippen LogP contribution in [0.4, 0.5) is 0 Å². The zero-order chi connectivity index (χ0) is 30.8. The highest BCUT2D eigenvalue weighted by Crippen LogP contribution is 2.37. The van der Waals surface area contributed by atoms with Crippen molar-refractivity contribution < 1.29 is 28.5 Å². The Morgan fingerprint density at radius 2 is 1.77 bits per heavy atom. The summed E-state index contributed by atoms with van der Waals surface area (Å²) in [5, 5.41) is 14.9. The molecule has 0 unspecified atom stereocenters. The van der Waals surface area contributed by atoms with Crippen molar-refractivity contribution in [1.82, 2.24) is 9.66 Å². The maximum Gasteiger partial charge on any atom is 0.335 e. The van der Waals surface area contributed by atoms with Crippen molar-refractivity contribution in [1.29, 1.82) is 0 Å². The van der Waals surface area contributed by atoms with Crippen LogP contribution in [0.15, 0.2) is 104 Å². The molecule has 11 heteroatoms. The lowest BCUT2D eigenvalue weighted by molar-refractivity contribution is 0.0696. The van der Waals surface area contributed by atoms with Crippen LogP contribution in [0.5, 0.6) is 17.2 Å². The molecule has 0 atom stereocenters. The van der Waals surface area contributed by atoms with Crippen molar-refractivity contribution in [2.45, 2.75) is 6.61 Å². The molecule has 6 rings (SSSR count). The maximum absolute atomic E-state index is 13.7. The molecule has 0 saturated carbocycles. The molecule has 2 heterocycles. The second kappa shape index (κ2) is 12.1. The van der Waals surface area contributed by atoms with Gasteiger partial charge in [0.1, 0.15) is 17.9 Å². The van der Waals surface area contributed by atoms with Gasteiger partial charge in [-0.3, -0.25) is 4.79 Å². The summed E-state index contributed by atoms with van der Waals surface area (Å²) < 4.78 is 24.9. The maximum atomic E-state index is 13.7. The molecule has 1 N–H and O–H groups in total. The third-order valence-corrected chi connectivity index (χ3v) is 7.44. The highest BCUT2D eigenvalue weighted by molar-refractivity contribution is 9.10. The fourth-order valence-electron chi connectivity index (χ4n) is 4.74. The minimum Gasteiger partial charge on any atom is -0.496 e. The normalized spacial score (nSPS) is 11.3. The van der Waals surface area contributed by atoms with E-state index in [1.807, 2.05) is 24.3 Å². The van der Waals surface area contributed by atoms with Gasteiger partial charge in [-0.15, -0.1) is 0 Å². The lowest BCUT2D eigenvalue weighted by Crippen LogP contribution is -2.20. The molecule has 220 valence electrons. The summed E-state index contributed by atoms with van der Waals surface area (Å²) >= 11 is 3.54. The largest absolute Gasteiger partial charge is 0.496 e. The van der Waals surface area contributed by atoms with Crippen LogP contribution in [-0.4, -0.2) is 41.2 Å². The fraction of sp³-hybridized carbons (Fsp3) is 0.0909. The zero-order valence-electron chi connectivity index (χ0n) is 23.5. The Hall–Kier alpha value is -5.42. The highest BCUT2D eigenvalue weighted by Gasteiger charge is 2.18. The number of carboxylic acid groups (broad SMARTS) is 1. The van der Waals surface area contributed by atoms with Crippen LogP contribution in [-0.2, 0) is 6.61 Å². The molecule has 0 spiro atoms. The van der Waals surface area contributed by atoms with Crippen LogP contribution in [0, 0.1) is 0 Å². The van der Waals surface area contributed by atoms with Gasteiger partial charge in [-0.2, -0.15) is 9.78 Å². The second-order valence-corrected chi connectivity index (χ2v) is 10.5. The van der Waals surface area contributed by atoms with Gasteiger partial charge in [-0.05, 0) is 81.7 Å². The molecule has 0 fully saturated rings. The average molecular weight is 654 g/mol. The summed E-state index contributed by atoms with van der Waals surface area (Å²) in [5.41, 5.74) is 2.17. The molecular weight excluding hydrogens is 630 g/mol. The number of hydrogen-bond donors (Lipinski definition) is 1. The predicted molar refractivity (Wildman–Crippen MR) is 169 cm³/mol. The smallest absolute Gasteiger partial charge is 0.335 e. The molecule has 10 nitrogen and oxygen atoms in total. The van der Waals surface area contributed by atoms with E-state index in [0.717, 1.165) is 5.39 Å². The molecule has 0 saturated heterocycles. The molecule has 0 aliphatic rings. The number of fused-ring (bicyclic) bond motifs is 2. The molecule has 2 aromatic heterocycles. The van der Waals surface area contributed by atoms with E-state index in [0.29, 0.717) is 55.1 Å². The third kappa shape index (κ3) is 5.52. The molecular formula is C33H24BrN3O7. The molecule has 44 heavy (non-hydrogen) atoms. The summed E-state index contributed by atoms with van der Waals surface area (Å²) in [5.74, 6) is 1.01. The van der Waals surface area contributed by atoms with Gasteiger partial charge in [-0.25, -0.2) is 9.78 Å². The number of halogens is 1. The number of benzene rings is 4. The van der Waals surface area contributed by atoms with Crippen LogP contribution in [0.2, 0.25) is 0 Å². The number of methoxy groups -OCH3 is 2. The van der Waals surface area contributed by atoms with Gasteiger partial charge in [0.15, 0.2) is 17.3 Å². The summed E-state index contributed by atoms with van der Waals surface area (Å²) in [6, 6.07) is 24.2. The average Bonchev–Trinajstić information content (AvgIpc) is 3.48. The second-order valence-electron chi connectivity index (χ2n) is 9.63. The SMILES string of the molecule is COc1cc(C=Nn2c(-c3cc4c(OC)cccc4o3)nc3ccccc3c2=O)cc(Br)c1OCc1cccc(C(=O)O)c1. The number of hydrogen-bond acceptors (Lipinski definition) is 8. The fourth-order valence-corrected chi connectivity index (χ4v) is 5.32. The van der Waals surface area contributed by atoms with Crippen LogP contribution < -0.4 is 19.8 Å². The molecule has 0 aliphatic carbocycles. The van der Waals surface area contributed by atoms with Gasteiger partial charge in [0.2, 0.25) is 5.82 Å². The van der Waals surface area contributed by atoms with E-state index in [1.165, 1.54) is 24.1 Å². The van der Waals surface area contributed by atoms with E-state index in [-0.39, 0.29) is 23.6 Å². The molecule has 0 aliphatic heterocycles. The van der Waals surface area contributed by atoms with Crippen LogP contribution in [0.25, 0.3) is 33.5 Å². The zero-order valence-corrected chi connectivity index (χ0v) is 25.1. The first-order valence-electron chi connectivity index (χ1n) is 13.3. The van der Waals surface area contributed by atoms with Crippen molar-refractivity contribution in [3.05, 3.63) is 116 Å². The number of carboxylic acids is 1. The Morgan fingerprint density at radius 1 is 0.977 bits per heavy atom. The summed E-state index contributed by atoms with van der Waals surface area (Å²) in [6.07, 6.45) is 1.51. The number of aromatic carboxylic acids is 1.